The molecule has 7 heteroatoms. The van der Waals surface area contributed by atoms with Crippen molar-refractivity contribution in [3.05, 3.63) is 47.4 Å². The molecule has 1 aromatic carbocycles. The number of hydrogen-bond donors (Lipinski definition) is 0. The van der Waals surface area contributed by atoms with E-state index in [9.17, 15) is 4.79 Å². The van der Waals surface area contributed by atoms with Gasteiger partial charge in [-0.2, -0.15) is 0 Å². The maximum absolute atomic E-state index is 13.3. The molecular formula is C21H25N3O3S. The second-order valence-electron chi connectivity index (χ2n) is 7.06. The summed E-state index contributed by atoms with van der Waals surface area (Å²) in [6, 6.07) is 9.82. The Balaban J connectivity index is 1.56. The van der Waals surface area contributed by atoms with E-state index < -0.39 is 0 Å². The molecule has 4 rings (SSSR count). The average Bonchev–Trinajstić information content (AvgIpc) is 3.28. The van der Waals surface area contributed by atoms with E-state index in [2.05, 4.69) is 4.90 Å². The van der Waals surface area contributed by atoms with Gasteiger partial charge in [-0.05, 0) is 38.5 Å². The largest absolute Gasteiger partial charge is 0.466 e. The molecule has 3 heterocycles. The van der Waals surface area contributed by atoms with Gasteiger partial charge in [-0.25, -0.2) is 4.98 Å². The lowest BCUT2D eigenvalue weighted by atomic mass is 10.2. The molecule has 1 aliphatic heterocycles. The lowest BCUT2D eigenvalue weighted by Crippen LogP contribution is -2.39. The molecule has 3 aromatic rings. The Morgan fingerprint density at radius 1 is 1.25 bits per heavy atom. The number of carbonyl (C=O) groups excluding carboxylic acids is 1. The topological polar surface area (TPSA) is 58.8 Å². The van der Waals surface area contributed by atoms with E-state index in [1.165, 1.54) is 0 Å². The lowest BCUT2D eigenvalue weighted by molar-refractivity contribution is 0.0376. The van der Waals surface area contributed by atoms with Gasteiger partial charge in [0.2, 0.25) is 0 Å². The molecule has 0 N–H and O–H groups in total. The van der Waals surface area contributed by atoms with Crippen molar-refractivity contribution in [2.45, 2.75) is 20.3 Å². The Morgan fingerprint density at radius 2 is 2.04 bits per heavy atom. The average molecular weight is 400 g/mol. The highest BCUT2D eigenvalue weighted by Crippen LogP contribution is 2.30. The smallest absolute Gasteiger partial charge is 0.263 e. The van der Waals surface area contributed by atoms with Gasteiger partial charge in [-0.15, -0.1) is 0 Å². The summed E-state index contributed by atoms with van der Waals surface area (Å²) in [5.41, 5.74) is 1.54. The van der Waals surface area contributed by atoms with Crippen molar-refractivity contribution in [3.8, 4) is 0 Å². The minimum atomic E-state index is -0.0459. The maximum atomic E-state index is 13.3. The van der Waals surface area contributed by atoms with E-state index in [0.717, 1.165) is 60.4 Å². The molecule has 0 radical (unpaired) electrons. The maximum Gasteiger partial charge on any atom is 0.263 e. The molecule has 6 nitrogen and oxygen atoms in total. The number of nitrogens with zero attached hydrogens (tertiary/aromatic N) is 3. The molecule has 148 valence electrons. The number of ether oxygens (including phenoxy) is 1. The van der Waals surface area contributed by atoms with Crippen LogP contribution in [0.25, 0.3) is 10.2 Å². The fraction of sp³-hybridized carbons (Fsp3) is 0.429. The lowest BCUT2D eigenvalue weighted by Gasteiger charge is -2.27. The number of benzene rings is 1. The highest BCUT2D eigenvalue weighted by atomic mass is 32.1. The highest BCUT2D eigenvalue weighted by Gasteiger charge is 2.24. The van der Waals surface area contributed by atoms with Crippen LogP contribution in [0.1, 0.15) is 28.3 Å². The van der Waals surface area contributed by atoms with Gasteiger partial charge >= 0.3 is 0 Å². The normalized spacial score (nSPS) is 15.2. The Morgan fingerprint density at radius 3 is 2.75 bits per heavy atom. The van der Waals surface area contributed by atoms with Gasteiger partial charge in [0.1, 0.15) is 11.5 Å². The van der Waals surface area contributed by atoms with Crippen LogP contribution in [0.2, 0.25) is 0 Å². The number of furan rings is 1. The van der Waals surface area contributed by atoms with Gasteiger partial charge in [0.15, 0.2) is 5.13 Å². The van der Waals surface area contributed by atoms with Gasteiger partial charge in [-0.1, -0.05) is 23.5 Å². The summed E-state index contributed by atoms with van der Waals surface area (Å²) in [6.45, 7) is 8.75. The van der Waals surface area contributed by atoms with E-state index in [4.69, 9.17) is 14.1 Å². The van der Waals surface area contributed by atoms with Crippen molar-refractivity contribution in [1.82, 2.24) is 9.88 Å². The number of aromatic nitrogens is 1. The summed E-state index contributed by atoms with van der Waals surface area (Å²) in [5, 5.41) is 0.742. The number of fused-ring (bicyclic) bond motifs is 1. The van der Waals surface area contributed by atoms with Gasteiger partial charge < -0.3 is 9.15 Å². The van der Waals surface area contributed by atoms with Gasteiger partial charge in [0, 0.05) is 26.2 Å². The molecule has 0 aliphatic carbocycles. The standard InChI is InChI=1S/C21H25N3O3S/c1-15-14-17(16(2)27-15)20(25)24(9-5-8-23-10-12-26-13-11-23)21-22-18-6-3-4-7-19(18)28-21/h3-4,6-7,14H,5,8-13H2,1-2H3. The fourth-order valence-corrected chi connectivity index (χ4v) is 4.52. The number of para-hydroxylation sites is 1. The summed E-state index contributed by atoms with van der Waals surface area (Å²) < 4.78 is 12.1. The zero-order chi connectivity index (χ0) is 19.5. The number of amides is 1. The monoisotopic (exact) mass is 399 g/mol. The number of thiazole rings is 1. The first-order valence-electron chi connectivity index (χ1n) is 9.66. The van der Waals surface area contributed by atoms with Crippen LogP contribution in [0, 0.1) is 13.8 Å². The van der Waals surface area contributed by atoms with Gasteiger partial charge in [-0.3, -0.25) is 14.6 Å². The predicted octanol–water partition coefficient (Wildman–Crippen LogP) is 3.88. The fourth-order valence-electron chi connectivity index (χ4n) is 3.53. The highest BCUT2D eigenvalue weighted by molar-refractivity contribution is 7.22. The van der Waals surface area contributed by atoms with Crippen LogP contribution in [-0.4, -0.2) is 55.2 Å². The number of carbonyl (C=O) groups is 1. The Kier molecular flexibility index (Phi) is 5.75. The van der Waals surface area contributed by atoms with Crippen LogP contribution in [0.4, 0.5) is 5.13 Å². The molecule has 1 fully saturated rings. The van der Waals surface area contributed by atoms with E-state index in [-0.39, 0.29) is 5.91 Å². The molecule has 0 atom stereocenters. The molecule has 1 aliphatic rings. The van der Waals surface area contributed by atoms with Gasteiger partial charge in [0.25, 0.3) is 5.91 Å². The number of rotatable bonds is 6. The van der Waals surface area contributed by atoms with Crippen molar-refractivity contribution in [2.24, 2.45) is 0 Å². The molecule has 0 spiro atoms. The van der Waals surface area contributed by atoms with Crippen LogP contribution in [-0.2, 0) is 4.74 Å². The first kappa shape index (κ1) is 19.1. The number of anilines is 1. The number of morpholine rings is 1. The Bertz CT molecular complexity index is 926. The quantitative estimate of drug-likeness (QED) is 0.630. The first-order valence-corrected chi connectivity index (χ1v) is 10.5. The summed E-state index contributed by atoms with van der Waals surface area (Å²) in [7, 11) is 0. The van der Waals surface area contributed by atoms with Crippen molar-refractivity contribution < 1.29 is 13.9 Å². The first-order chi connectivity index (χ1) is 13.6. The van der Waals surface area contributed by atoms with Crippen molar-refractivity contribution in [2.75, 3.05) is 44.3 Å². The molecule has 28 heavy (non-hydrogen) atoms. The molecule has 1 saturated heterocycles. The second kappa shape index (κ2) is 8.43. The van der Waals surface area contributed by atoms with E-state index >= 15 is 0 Å². The van der Waals surface area contributed by atoms with Crippen LogP contribution in [0.15, 0.2) is 34.7 Å². The number of aryl methyl sites for hydroxylation is 2. The second-order valence-corrected chi connectivity index (χ2v) is 8.06. The molecule has 1 amide bonds. The van der Waals surface area contributed by atoms with Gasteiger partial charge in [0.05, 0.1) is 29.0 Å². The van der Waals surface area contributed by atoms with E-state index in [0.29, 0.717) is 17.9 Å². The minimum absolute atomic E-state index is 0.0459. The Hall–Kier alpha value is -2.22. The zero-order valence-corrected chi connectivity index (χ0v) is 17.1. The van der Waals surface area contributed by atoms with Crippen LogP contribution >= 0.6 is 11.3 Å². The summed E-state index contributed by atoms with van der Waals surface area (Å²) in [4.78, 5) is 22.3. The van der Waals surface area contributed by atoms with Crippen LogP contribution in [0.3, 0.4) is 0 Å². The summed E-state index contributed by atoms with van der Waals surface area (Å²) in [5.74, 6) is 1.36. The third-order valence-electron chi connectivity index (χ3n) is 4.99. The predicted molar refractivity (Wildman–Crippen MR) is 111 cm³/mol. The molecule has 0 unspecified atom stereocenters. The third kappa shape index (κ3) is 4.11. The summed E-state index contributed by atoms with van der Waals surface area (Å²) >= 11 is 1.56. The Labute approximate surface area is 168 Å². The SMILES string of the molecule is Cc1cc(C(=O)N(CCCN2CCOCC2)c2nc3ccccc3s2)c(C)o1. The van der Waals surface area contributed by atoms with Crippen molar-refractivity contribution in [1.29, 1.82) is 0 Å². The molecule has 2 aromatic heterocycles. The van der Waals surface area contributed by atoms with Crippen molar-refractivity contribution in [3.63, 3.8) is 0 Å². The summed E-state index contributed by atoms with van der Waals surface area (Å²) in [6.07, 6.45) is 0.886. The van der Waals surface area contributed by atoms with Crippen molar-refractivity contribution >= 4 is 32.6 Å². The number of hydrogen-bond acceptors (Lipinski definition) is 6. The van der Waals surface area contributed by atoms with Crippen LogP contribution in [0.5, 0.6) is 0 Å². The third-order valence-corrected chi connectivity index (χ3v) is 6.05. The molecule has 0 bridgehead atoms. The van der Waals surface area contributed by atoms with E-state index in [1.807, 2.05) is 49.1 Å². The van der Waals surface area contributed by atoms with Crippen LogP contribution < -0.4 is 4.90 Å². The zero-order valence-electron chi connectivity index (χ0n) is 16.3. The van der Waals surface area contributed by atoms with E-state index in [1.54, 1.807) is 11.3 Å². The molecule has 0 saturated carbocycles. The minimum Gasteiger partial charge on any atom is -0.466 e. The molecular weight excluding hydrogens is 374 g/mol.